The molecule has 33 heavy (non-hydrogen) atoms. The van der Waals surface area contributed by atoms with E-state index in [4.69, 9.17) is 11.6 Å². The maximum atomic E-state index is 12.8. The summed E-state index contributed by atoms with van der Waals surface area (Å²) in [5.74, 6) is -0.443. The monoisotopic (exact) mass is 491 g/mol. The van der Waals surface area contributed by atoms with Gasteiger partial charge in [-0.25, -0.2) is 13.4 Å². The number of sulfonamides is 1. The summed E-state index contributed by atoms with van der Waals surface area (Å²) in [5.41, 5.74) is 6.45. The maximum Gasteiger partial charge on any atom is 0.271 e. The minimum Gasteiger partial charge on any atom is -0.329 e. The number of imidazole rings is 1. The van der Waals surface area contributed by atoms with Crippen molar-refractivity contribution in [2.45, 2.75) is 39.1 Å². The normalized spacial score (nSPS) is 11.7. The average molecular weight is 492 g/mol. The van der Waals surface area contributed by atoms with Crippen molar-refractivity contribution in [3.05, 3.63) is 58.4 Å². The van der Waals surface area contributed by atoms with E-state index in [1.165, 1.54) is 22.5 Å². The zero-order valence-corrected chi connectivity index (χ0v) is 20.4. The van der Waals surface area contributed by atoms with Crippen LogP contribution in [0.4, 0.5) is 0 Å². The summed E-state index contributed by atoms with van der Waals surface area (Å²) in [6, 6.07) is 8.96. The van der Waals surface area contributed by atoms with Gasteiger partial charge in [0.05, 0.1) is 26.5 Å². The molecule has 0 aliphatic rings. The molecular weight excluding hydrogens is 466 g/mol. The Labute approximate surface area is 197 Å². The largest absolute Gasteiger partial charge is 0.329 e. The van der Waals surface area contributed by atoms with Crippen molar-refractivity contribution in [3.63, 3.8) is 0 Å². The number of hydrogen-bond donors (Lipinski definition) is 2. The number of halogens is 1. The van der Waals surface area contributed by atoms with Gasteiger partial charge in [0.1, 0.15) is 5.82 Å². The molecule has 11 heteroatoms. The van der Waals surface area contributed by atoms with Crippen LogP contribution in [-0.4, -0.2) is 47.2 Å². The highest BCUT2D eigenvalue weighted by Crippen LogP contribution is 2.23. The van der Waals surface area contributed by atoms with Gasteiger partial charge in [0.25, 0.3) is 11.8 Å². The van der Waals surface area contributed by atoms with Crippen LogP contribution in [0.2, 0.25) is 5.02 Å². The van der Waals surface area contributed by atoms with Crippen LogP contribution in [0.15, 0.2) is 41.3 Å². The van der Waals surface area contributed by atoms with E-state index in [0.29, 0.717) is 24.2 Å². The third-order valence-corrected chi connectivity index (χ3v) is 7.71. The minimum absolute atomic E-state index is 0.0561. The van der Waals surface area contributed by atoms with Crippen molar-refractivity contribution in [1.82, 2.24) is 24.7 Å². The molecule has 0 saturated carbocycles. The van der Waals surface area contributed by atoms with E-state index in [0.717, 1.165) is 17.9 Å². The topological polar surface area (TPSA) is 113 Å². The lowest BCUT2D eigenvalue weighted by Gasteiger charge is -2.19. The molecule has 1 heterocycles. The van der Waals surface area contributed by atoms with Crippen LogP contribution in [-0.2, 0) is 16.6 Å². The fourth-order valence-corrected chi connectivity index (χ4v) is 5.28. The molecule has 9 nitrogen and oxygen atoms in total. The van der Waals surface area contributed by atoms with Crippen LogP contribution in [0.5, 0.6) is 0 Å². The van der Waals surface area contributed by atoms with E-state index < -0.39 is 21.8 Å². The van der Waals surface area contributed by atoms with Gasteiger partial charge >= 0.3 is 0 Å². The number of hydrazine groups is 1. The summed E-state index contributed by atoms with van der Waals surface area (Å²) >= 11 is 6.12. The van der Waals surface area contributed by atoms with Crippen LogP contribution >= 0.6 is 11.6 Å². The number of fused-ring (bicyclic) bond motifs is 1. The molecule has 2 N–H and O–H groups in total. The Morgan fingerprint density at radius 3 is 2.33 bits per heavy atom. The molecule has 3 aromatic rings. The molecule has 2 aromatic carbocycles. The standard InChI is InChI=1S/C22H26ClN5O4S/c1-5-27(6-2)33(31,32)16-9-10-18(23)17(13-16)22(30)26-25-21(29)15-8-11-20-19(12-15)24-14(4)28(20)7-3/h8-13H,5-7H2,1-4H3,(H,25,29)(H,26,30). The Balaban J connectivity index is 1.78. The number of carbonyl (C=O) groups is 2. The smallest absolute Gasteiger partial charge is 0.271 e. The Kier molecular flexibility index (Phi) is 7.41. The number of aryl methyl sites for hydroxylation is 2. The summed E-state index contributed by atoms with van der Waals surface area (Å²) < 4.78 is 28.8. The Hall–Kier alpha value is -2.95. The quantitative estimate of drug-likeness (QED) is 0.493. The Bertz CT molecular complexity index is 1320. The van der Waals surface area contributed by atoms with Gasteiger partial charge in [0, 0.05) is 25.2 Å². The van der Waals surface area contributed by atoms with Gasteiger partial charge < -0.3 is 4.57 Å². The third kappa shape index (κ3) is 4.87. The van der Waals surface area contributed by atoms with Crippen LogP contribution in [0, 0.1) is 6.92 Å². The molecule has 0 bridgehead atoms. The number of nitrogens with one attached hydrogen (secondary N) is 2. The first-order valence-electron chi connectivity index (χ1n) is 10.5. The zero-order valence-electron chi connectivity index (χ0n) is 18.8. The number of carbonyl (C=O) groups excluding carboxylic acids is 2. The van der Waals surface area contributed by atoms with Crippen molar-refractivity contribution < 1.29 is 18.0 Å². The molecule has 0 atom stereocenters. The van der Waals surface area contributed by atoms with Crippen molar-refractivity contribution in [1.29, 1.82) is 0 Å². The predicted octanol–water partition coefficient (Wildman–Crippen LogP) is 3.12. The second-order valence-corrected chi connectivity index (χ2v) is 9.59. The second kappa shape index (κ2) is 9.90. The number of nitrogens with zero attached hydrogens (tertiary/aromatic N) is 3. The first-order chi connectivity index (χ1) is 15.6. The highest BCUT2D eigenvalue weighted by atomic mass is 35.5. The number of amides is 2. The van der Waals surface area contributed by atoms with E-state index >= 15 is 0 Å². The maximum absolute atomic E-state index is 12.8. The lowest BCUT2D eigenvalue weighted by Crippen LogP contribution is -2.41. The molecule has 2 amide bonds. The molecular formula is C22H26ClN5O4S. The number of rotatable bonds is 7. The van der Waals surface area contributed by atoms with E-state index in [-0.39, 0.29) is 15.5 Å². The number of benzene rings is 2. The lowest BCUT2D eigenvalue weighted by atomic mass is 10.2. The van der Waals surface area contributed by atoms with E-state index in [1.807, 2.05) is 18.4 Å². The summed E-state index contributed by atoms with van der Waals surface area (Å²) in [5, 5.41) is 0.0576. The average Bonchev–Trinajstić information content (AvgIpc) is 3.11. The molecule has 176 valence electrons. The molecule has 0 aliphatic heterocycles. The summed E-state index contributed by atoms with van der Waals surface area (Å²) in [7, 11) is -3.77. The molecule has 0 saturated heterocycles. The summed E-state index contributed by atoms with van der Waals surface area (Å²) in [4.78, 5) is 29.6. The predicted molar refractivity (Wildman–Crippen MR) is 127 cm³/mol. The number of aromatic nitrogens is 2. The van der Waals surface area contributed by atoms with Crippen molar-refractivity contribution >= 4 is 44.5 Å². The molecule has 3 rings (SSSR count). The van der Waals surface area contributed by atoms with Crippen LogP contribution in [0.25, 0.3) is 11.0 Å². The lowest BCUT2D eigenvalue weighted by molar-refractivity contribution is 0.0846. The number of hydrogen-bond acceptors (Lipinski definition) is 5. The van der Waals surface area contributed by atoms with Crippen molar-refractivity contribution in [2.75, 3.05) is 13.1 Å². The molecule has 1 aromatic heterocycles. The molecule has 0 fully saturated rings. The van der Waals surface area contributed by atoms with Gasteiger partial charge in [-0.05, 0) is 50.2 Å². The first-order valence-corrected chi connectivity index (χ1v) is 12.3. The molecule has 0 unspecified atom stereocenters. The Morgan fingerprint density at radius 1 is 1.03 bits per heavy atom. The van der Waals surface area contributed by atoms with E-state index in [1.54, 1.807) is 32.0 Å². The van der Waals surface area contributed by atoms with Crippen LogP contribution in [0.1, 0.15) is 47.3 Å². The van der Waals surface area contributed by atoms with Gasteiger partial charge in [-0.3, -0.25) is 20.4 Å². The van der Waals surface area contributed by atoms with Crippen molar-refractivity contribution in [2.24, 2.45) is 0 Å². The highest BCUT2D eigenvalue weighted by molar-refractivity contribution is 7.89. The highest BCUT2D eigenvalue weighted by Gasteiger charge is 2.24. The van der Waals surface area contributed by atoms with Crippen LogP contribution < -0.4 is 10.9 Å². The third-order valence-electron chi connectivity index (χ3n) is 5.33. The second-order valence-electron chi connectivity index (χ2n) is 7.25. The van der Waals surface area contributed by atoms with Crippen LogP contribution in [0.3, 0.4) is 0 Å². The molecule has 0 aliphatic carbocycles. The first kappa shape index (κ1) is 24.7. The van der Waals surface area contributed by atoms with Gasteiger partial charge in [-0.15, -0.1) is 0 Å². The van der Waals surface area contributed by atoms with Gasteiger partial charge in [0.2, 0.25) is 10.0 Å². The van der Waals surface area contributed by atoms with Gasteiger partial charge in [-0.2, -0.15) is 4.31 Å². The minimum atomic E-state index is -3.77. The molecule has 0 spiro atoms. The Morgan fingerprint density at radius 2 is 1.70 bits per heavy atom. The fraction of sp³-hybridized carbons (Fsp3) is 0.318. The van der Waals surface area contributed by atoms with Crippen molar-refractivity contribution in [3.8, 4) is 0 Å². The summed E-state index contributed by atoms with van der Waals surface area (Å²) in [6.45, 7) is 8.70. The molecule has 0 radical (unpaired) electrons. The van der Waals surface area contributed by atoms with Gasteiger partial charge in [-0.1, -0.05) is 25.4 Å². The fourth-order valence-electron chi connectivity index (χ4n) is 3.60. The van der Waals surface area contributed by atoms with Gasteiger partial charge in [0.15, 0.2) is 0 Å². The summed E-state index contributed by atoms with van der Waals surface area (Å²) in [6.07, 6.45) is 0. The SMILES string of the molecule is CCN(CC)S(=O)(=O)c1ccc(Cl)c(C(=O)NNC(=O)c2ccc3c(c2)nc(C)n3CC)c1. The van der Waals surface area contributed by atoms with E-state index in [9.17, 15) is 18.0 Å². The zero-order chi connectivity index (χ0) is 24.3. The van der Waals surface area contributed by atoms with E-state index in [2.05, 4.69) is 15.8 Å².